The second kappa shape index (κ2) is 56.1. The first-order valence-electron chi connectivity index (χ1n) is 15.3. The van der Waals surface area contributed by atoms with E-state index in [2.05, 4.69) is 20.8 Å². The lowest BCUT2D eigenvalue weighted by Gasteiger charge is -1.99. The zero-order valence-corrected chi connectivity index (χ0v) is 27.5. The Hall–Kier alpha value is 0.750. The van der Waals surface area contributed by atoms with Crippen LogP contribution in [-0.2, 0) is 0 Å². The predicted octanol–water partition coefficient (Wildman–Crippen LogP) is 10.5. The van der Waals surface area contributed by atoms with Gasteiger partial charge >= 0.3 is 0 Å². The van der Waals surface area contributed by atoms with Gasteiger partial charge in [0.1, 0.15) is 0 Å². The molecule has 0 aromatic rings. The van der Waals surface area contributed by atoms with Gasteiger partial charge in [0.2, 0.25) is 0 Å². The normalized spacial score (nSPS) is 9.50. The van der Waals surface area contributed by atoms with E-state index in [9.17, 15) is 0 Å². The summed E-state index contributed by atoms with van der Waals surface area (Å²) in [7, 11) is 0. The third-order valence-corrected chi connectivity index (χ3v) is 6.17. The highest BCUT2D eigenvalue weighted by molar-refractivity contribution is 5.86. The Labute approximate surface area is 248 Å². The molecule has 0 aliphatic rings. The van der Waals surface area contributed by atoms with Gasteiger partial charge in [-0.25, -0.2) is 0 Å². The summed E-state index contributed by atoms with van der Waals surface area (Å²) in [4.78, 5) is 0. The highest BCUT2D eigenvalue weighted by atomic mass is 35.5. The van der Waals surface area contributed by atoms with Crippen molar-refractivity contribution in [2.45, 2.75) is 175 Å². The fraction of sp³-hybridized carbons (Fsp3) is 1.00. The van der Waals surface area contributed by atoms with Gasteiger partial charge in [-0.2, -0.15) is 0 Å². The standard InChI is InChI=1S/3C10H23N.3ClH/c3*1-2-3-4-5-6-7-8-9-10-11;;;/h3*2-11H2,1H3;3*1H. The van der Waals surface area contributed by atoms with Crippen molar-refractivity contribution < 1.29 is 0 Å². The minimum Gasteiger partial charge on any atom is -0.330 e. The summed E-state index contributed by atoms with van der Waals surface area (Å²) < 4.78 is 0. The lowest BCUT2D eigenvalue weighted by molar-refractivity contribution is 0.578. The van der Waals surface area contributed by atoms with Crippen molar-refractivity contribution in [3.8, 4) is 0 Å². The maximum absolute atomic E-state index is 5.39. The molecule has 0 aliphatic carbocycles. The molecular formula is C30H72Cl3N3. The van der Waals surface area contributed by atoms with Crippen molar-refractivity contribution in [1.82, 2.24) is 0 Å². The van der Waals surface area contributed by atoms with E-state index in [-0.39, 0.29) is 37.2 Å². The van der Waals surface area contributed by atoms with Crippen LogP contribution in [0.5, 0.6) is 0 Å². The van der Waals surface area contributed by atoms with Crippen LogP contribution in [0.15, 0.2) is 0 Å². The fourth-order valence-corrected chi connectivity index (χ4v) is 3.83. The number of nitrogens with two attached hydrogens (primary N) is 3. The molecule has 0 saturated carbocycles. The van der Waals surface area contributed by atoms with Gasteiger partial charge in [0.25, 0.3) is 0 Å². The first-order chi connectivity index (χ1) is 16.2. The van der Waals surface area contributed by atoms with Crippen LogP contribution in [0.1, 0.15) is 175 Å². The lowest BCUT2D eigenvalue weighted by atomic mass is 10.1. The van der Waals surface area contributed by atoms with Gasteiger partial charge in [0.05, 0.1) is 0 Å². The number of hydrogen-bond acceptors (Lipinski definition) is 3. The minimum absolute atomic E-state index is 0. The van der Waals surface area contributed by atoms with Crippen LogP contribution in [0.3, 0.4) is 0 Å². The third kappa shape index (κ3) is 64.6. The summed E-state index contributed by atoms with van der Waals surface area (Å²) in [5, 5.41) is 0. The van der Waals surface area contributed by atoms with Crippen LogP contribution >= 0.6 is 37.2 Å². The largest absolute Gasteiger partial charge is 0.330 e. The molecule has 0 aliphatic heterocycles. The maximum atomic E-state index is 5.39. The zero-order chi connectivity index (χ0) is 25.1. The Kier molecular flexibility index (Phi) is 77.4. The highest BCUT2D eigenvalue weighted by Gasteiger charge is 1.90. The van der Waals surface area contributed by atoms with E-state index in [4.69, 9.17) is 17.2 Å². The maximum Gasteiger partial charge on any atom is -0.00773 e. The molecule has 6 N–H and O–H groups in total. The van der Waals surface area contributed by atoms with Crippen LogP contribution in [0.25, 0.3) is 0 Å². The van der Waals surface area contributed by atoms with Crippen molar-refractivity contribution in [3.05, 3.63) is 0 Å². The van der Waals surface area contributed by atoms with E-state index >= 15 is 0 Å². The minimum atomic E-state index is 0. The molecule has 3 nitrogen and oxygen atoms in total. The Bertz CT molecular complexity index is 219. The summed E-state index contributed by atoms with van der Waals surface area (Å²) in [6.45, 7) is 9.39. The number of unbranched alkanes of at least 4 members (excludes halogenated alkanes) is 21. The van der Waals surface area contributed by atoms with Crippen LogP contribution < -0.4 is 17.2 Å². The molecule has 0 aromatic heterocycles. The Balaban J connectivity index is -0.0000000900. The average Bonchev–Trinajstić information content (AvgIpc) is 2.83. The van der Waals surface area contributed by atoms with Crippen molar-refractivity contribution in [3.63, 3.8) is 0 Å². The summed E-state index contributed by atoms with van der Waals surface area (Å²) in [5.41, 5.74) is 16.2. The number of hydrogen-bond donors (Lipinski definition) is 3. The second-order valence-corrected chi connectivity index (χ2v) is 9.79. The van der Waals surface area contributed by atoms with E-state index in [1.54, 1.807) is 0 Å². The van der Waals surface area contributed by atoms with Crippen LogP contribution in [0, 0.1) is 0 Å². The molecule has 0 rings (SSSR count). The van der Waals surface area contributed by atoms with Crippen molar-refractivity contribution in [2.24, 2.45) is 17.2 Å². The smallest absolute Gasteiger partial charge is 0.00773 e. The molecule has 0 saturated heterocycles. The van der Waals surface area contributed by atoms with Gasteiger partial charge in [-0.05, 0) is 38.9 Å². The summed E-state index contributed by atoms with van der Waals surface area (Å²) in [6, 6.07) is 0. The molecule has 0 spiro atoms. The molecule has 0 radical (unpaired) electrons. The first kappa shape index (κ1) is 49.7. The van der Waals surface area contributed by atoms with Gasteiger partial charge in [-0.1, -0.05) is 156 Å². The molecule has 0 fully saturated rings. The Morgan fingerprint density at radius 2 is 0.389 bits per heavy atom. The number of rotatable bonds is 24. The van der Waals surface area contributed by atoms with E-state index in [1.165, 1.54) is 154 Å². The molecule has 0 heterocycles. The van der Waals surface area contributed by atoms with E-state index in [0.29, 0.717) is 0 Å². The SMILES string of the molecule is CCCCCCCCCCN.CCCCCCCCCCN.CCCCCCCCCCN.Cl.Cl.Cl. The van der Waals surface area contributed by atoms with E-state index in [1.807, 2.05) is 0 Å². The van der Waals surface area contributed by atoms with Crippen LogP contribution in [-0.4, -0.2) is 19.6 Å². The average molecular weight is 581 g/mol. The molecule has 228 valence electrons. The van der Waals surface area contributed by atoms with Crippen LogP contribution in [0.2, 0.25) is 0 Å². The quantitative estimate of drug-likeness (QED) is 0.0993. The molecule has 0 bridgehead atoms. The monoisotopic (exact) mass is 579 g/mol. The van der Waals surface area contributed by atoms with Crippen LogP contribution in [0.4, 0.5) is 0 Å². The predicted molar refractivity (Wildman–Crippen MR) is 177 cm³/mol. The van der Waals surface area contributed by atoms with Crippen molar-refractivity contribution >= 4 is 37.2 Å². The molecule has 0 unspecified atom stereocenters. The molecule has 0 atom stereocenters. The van der Waals surface area contributed by atoms with Gasteiger partial charge in [0.15, 0.2) is 0 Å². The summed E-state index contributed by atoms with van der Waals surface area (Å²) in [6.07, 6.45) is 32.9. The summed E-state index contributed by atoms with van der Waals surface area (Å²) >= 11 is 0. The number of halogens is 3. The zero-order valence-electron chi connectivity index (χ0n) is 25.0. The fourth-order valence-electron chi connectivity index (χ4n) is 3.83. The topological polar surface area (TPSA) is 78.1 Å². The second-order valence-electron chi connectivity index (χ2n) is 9.79. The van der Waals surface area contributed by atoms with Crippen molar-refractivity contribution in [1.29, 1.82) is 0 Å². The van der Waals surface area contributed by atoms with E-state index in [0.717, 1.165) is 19.6 Å². The summed E-state index contributed by atoms with van der Waals surface area (Å²) in [5.74, 6) is 0. The molecule has 0 aromatic carbocycles. The van der Waals surface area contributed by atoms with Gasteiger partial charge in [0, 0.05) is 0 Å². The van der Waals surface area contributed by atoms with Gasteiger partial charge < -0.3 is 17.2 Å². The van der Waals surface area contributed by atoms with Gasteiger partial charge in [-0.3, -0.25) is 0 Å². The third-order valence-electron chi connectivity index (χ3n) is 6.17. The highest BCUT2D eigenvalue weighted by Crippen LogP contribution is 2.09. The molecule has 36 heavy (non-hydrogen) atoms. The Morgan fingerprint density at radius 1 is 0.250 bits per heavy atom. The van der Waals surface area contributed by atoms with Crippen molar-refractivity contribution in [2.75, 3.05) is 19.6 Å². The van der Waals surface area contributed by atoms with E-state index < -0.39 is 0 Å². The molecule has 6 heteroatoms. The first-order valence-corrected chi connectivity index (χ1v) is 15.3. The van der Waals surface area contributed by atoms with Gasteiger partial charge in [-0.15, -0.1) is 37.2 Å². The Morgan fingerprint density at radius 3 is 0.528 bits per heavy atom. The lowest BCUT2D eigenvalue weighted by Crippen LogP contribution is -1.97. The molecular weight excluding hydrogens is 509 g/mol. The molecule has 0 amide bonds.